The molecule has 0 aromatic carbocycles. The number of aryl methyl sites for hydroxylation is 2. The van der Waals surface area contributed by atoms with Crippen LogP contribution in [0, 0.1) is 5.41 Å². The van der Waals surface area contributed by atoms with Crippen molar-refractivity contribution in [1.82, 2.24) is 10.2 Å². The lowest BCUT2D eigenvalue weighted by atomic mass is 9.92. The lowest BCUT2D eigenvalue weighted by molar-refractivity contribution is 0.0927. The summed E-state index contributed by atoms with van der Waals surface area (Å²) in [6.07, 6.45) is 7.50. The van der Waals surface area contributed by atoms with Crippen molar-refractivity contribution in [2.24, 2.45) is 5.41 Å². The van der Waals surface area contributed by atoms with Crippen LogP contribution < -0.4 is 5.32 Å². The number of rotatable bonds is 7. The minimum absolute atomic E-state index is 0.0908. The van der Waals surface area contributed by atoms with Gasteiger partial charge in [-0.3, -0.25) is 4.79 Å². The molecule has 0 saturated heterocycles. The number of nitrogens with one attached hydrogen (secondary N) is 1. The third-order valence-corrected chi connectivity index (χ3v) is 6.23. The van der Waals surface area contributed by atoms with Crippen LogP contribution in [0.15, 0.2) is 6.07 Å². The molecule has 0 fully saturated rings. The predicted octanol–water partition coefficient (Wildman–Crippen LogP) is 4.50. The summed E-state index contributed by atoms with van der Waals surface area (Å²) in [5.74, 6) is 0.111. The van der Waals surface area contributed by atoms with Gasteiger partial charge in [0, 0.05) is 18.0 Å². The van der Waals surface area contributed by atoms with E-state index in [1.807, 2.05) is 0 Å². The van der Waals surface area contributed by atoms with Crippen LogP contribution in [0.3, 0.4) is 0 Å². The molecule has 3 nitrogen and oxygen atoms in total. The maximum Gasteiger partial charge on any atom is 0.261 e. The number of nitrogens with zero attached hydrogens (tertiary/aromatic N) is 1. The largest absolute Gasteiger partial charge is 0.351 e. The Morgan fingerprint density at radius 1 is 1.17 bits per heavy atom. The molecule has 0 radical (unpaired) electrons. The first kappa shape index (κ1) is 19.5. The summed E-state index contributed by atoms with van der Waals surface area (Å²) in [4.78, 5) is 17.4. The Bertz CT molecular complexity index is 506. The molecule has 0 aliphatic heterocycles. The first-order valence-electron chi connectivity index (χ1n) is 9.57. The smallest absolute Gasteiger partial charge is 0.261 e. The molecule has 4 heteroatoms. The van der Waals surface area contributed by atoms with Gasteiger partial charge in [-0.1, -0.05) is 40.5 Å². The molecule has 0 bridgehead atoms. The van der Waals surface area contributed by atoms with Crippen molar-refractivity contribution in [1.29, 1.82) is 0 Å². The van der Waals surface area contributed by atoms with Crippen LogP contribution in [0.25, 0.3) is 0 Å². The minimum Gasteiger partial charge on any atom is -0.351 e. The number of carbonyl (C=O) groups is 1. The summed E-state index contributed by atoms with van der Waals surface area (Å²) < 4.78 is 0. The van der Waals surface area contributed by atoms with Crippen molar-refractivity contribution in [3.8, 4) is 0 Å². The van der Waals surface area contributed by atoms with Gasteiger partial charge in [-0.15, -0.1) is 11.3 Å². The fourth-order valence-electron chi connectivity index (χ4n) is 3.47. The van der Waals surface area contributed by atoms with E-state index < -0.39 is 0 Å². The molecular formula is C20H34N2OS. The van der Waals surface area contributed by atoms with Crippen molar-refractivity contribution in [2.45, 2.75) is 66.2 Å². The lowest BCUT2D eigenvalue weighted by Gasteiger charge is -2.31. The van der Waals surface area contributed by atoms with E-state index in [9.17, 15) is 4.79 Å². The molecule has 0 spiro atoms. The highest BCUT2D eigenvalue weighted by Crippen LogP contribution is 2.28. The number of hydrogen-bond donors (Lipinski definition) is 1. The maximum atomic E-state index is 12.6. The zero-order chi connectivity index (χ0) is 17.6. The van der Waals surface area contributed by atoms with E-state index in [1.165, 1.54) is 36.1 Å². The van der Waals surface area contributed by atoms with Gasteiger partial charge in [0.25, 0.3) is 5.91 Å². The molecule has 1 aromatic rings. The second-order valence-electron chi connectivity index (χ2n) is 7.78. The molecule has 136 valence electrons. The second-order valence-corrected chi connectivity index (χ2v) is 8.92. The highest BCUT2D eigenvalue weighted by molar-refractivity contribution is 7.14. The molecule has 1 aromatic heterocycles. The van der Waals surface area contributed by atoms with Crippen LogP contribution in [0.2, 0.25) is 0 Å². The average Bonchev–Trinajstić information content (AvgIpc) is 2.92. The van der Waals surface area contributed by atoms with E-state index in [0.717, 1.165) is 43.9 Å². The highest BCUT2D eigenvalue weighted by Gasteiger charge is 2.23. The highest BCUT2D eigenvalue weighted by atomic mass is 32.1. The summed E-state index contributed by atoms with van der Waals surface area (Å²) in [5.41, 5.74) is 1.51. The number of amides is 1. The van der Waals surface area contributed by atoms with Gasteiger partial charge in [0.1, 0.15) is 0 Å². The Hall–Kier alpha value is -0.870. The minimum atomic E-state index is 0.0908. The number of carbonyl (C=O) groups excluding carboxylic acids is 1. The topological polar surface area (TPSA) is 32.3 Å². The Morgan fingerprint density at radius 3 is 2.50 bits per heavy atom. The van der Waals surface area contributed by atoms with Crippen molar-refractivity contribution in [2.75, 3.05) is 26.2 Å². The first-order valence-corrected chi connectivity index (χ1v) is 10.4. The Labute approximate surface area is 151 Å². The van der Waals surface area contributed by atoms with Crippen molar-refractivity contribution in [3.63, 3.8) is 0 Å². The van der Waals surface area contributed by atoms with Crippen LogP contribution in [0.5, 0.6) is 0 Å². The van der Waals surface area contributed by atoms with E-state index in [-0.39, 0.29) is 11.3 Å². The van der Waals surface area contributed by atoms with Gasteiger partial charge >= 0.3 is 0 Å². The Balaban J connectivity index is 1.93. The molecule has 24 heavy (non-hydrogen) atoms. The Kier molecular flexibility index (Phi) is 7.30. The molecular weight excluding hydrogens is 316 g/mol. The van der Waals surface area contributed by atoms with E-state index in [0.29, 0.717) is 0 Å². The third-order valence-electron chi connectivity index (χ3n) is 4.99. The standard InChI is InChI=1S/C20H34N2OS/c1-5-22(6-2)15-20(3,4)14-21-19(23)18-13-16-11-9-7-8-10-12-17(16)24-18/h13H,5-12,14-15H2,1-4H3,(H,21,23). The van der Waals surface area contributed by atoms with Crippen LogP contribution in [0.4, 0.5) is 0 Å². The molecule has 0 saturated carbocycles. The van der Waals surface area contributed by atoms with Crippen molar-refractivity contribution < 1.29 is 4.79 Å². The predicted molar refractivity (Wildman–Crippen MR) is 104 cm³/mol. The van der Waals surface area contributed by atoms with Gasteiger partial charge in [0.15, 0.2) is 0 Å². The van der Waals surface area contributed by atoms with Gasteiger partial charge in [0.05, 0.1) is 4.88 Å². The molecule has 2 rings (SSSR count). The summed E-state index contributed by atoms with van der Waals surface area (Å²) in [6.45, 7) is 12.7. The summed E-state index contributed by atoms with van der Waals surface area (Å²) >= 11 is 1.72. The lowest BCUT2D eigenvalue weighted by Crippen LogP contribution is -2.42. The fourth-order valence-corrected chi connectivity index (χ4v) is 4.64. The number of fused-ring (bicyclic) bond motifs is 1. The number of thiophene rings is 1. The molecule has 0 unspecified atom stereocenters. The van der Waals surface area contributed by atoms with Gasteiger partial charge in [-0.05, 0) is 55.8 Å². The zero-order valence-electron chi connectivity index (χ0n) is 15.9. The molecule has 1 heterocycles. The van der Waals surface area contributed by atoms with Crippen LogP contribution in [-0.4, -0.2) is 37.0 Å². The Morgan fingerprint density at radius 2 is 1.83 bits per heavy atom. The normalized spacial score (nSPS) is 15.7. The average molecular weight is 351 g/mol. The van der Waals surface area contributed by atoms with Crippen molar-refractivity contribution >= 4 is 17.2 Å². The van der Waals surface area contributed by atoms with Gasteiger partial charge in [-0.2, -0.15) is 0 Å². The first-order chi connectivity index (χ1) is 11.4. The summed E-state index contributed by atoms with van der Waals surface area (Å²) in [7, 11) is 0. The van der Waals surface area contributed by atoms with Crippen LogP contribution >= 0.6 is 11.3 Å². The molecule has 0 atom stereocenters. The fraction of sp³-hybridized carbons (Fsp3) is 0.750. The van der Waals surface area contributed by atoms with E-state index >= 15 is 0 Å². The summed E-state index contributed by atoms with van der Waals surface area (Å²) in [5, 5.41) is 3.18. The zero-order valence-corrected chi connectivity index (χ0v) is 16.7. The molecule has 1 aliphatic rings. The SMILES string of the molecule is CCN(CC)CC(C)(C)CNC(=O)c1cc2c(s1)CCCCCC2. The monoisotopic (exact) mass is 350 g/mol. The van der Waals surface area contributed by atoms with Gasteiger partial charge < -0.3 is 10.2 Å². The number of hydrogen-bond acceptors (Lipinski definition) is 3. The molecule has 1 amide bonds. The summed E-state index contributed by atoms with van der Waals surface area (Å²) in [6, 6.07) is 2.15. The maximum absolute atomic E-state index is 12.6. The van der Waals surface area contributed by atoms with E-state index in [4.69, 9.17) is 0 Å². The quantitative estimate of drug-likeness (QED) is 0.785. The van der Waals surface area contributed by atoms with Gasteiger partial charge in [-0.25, -0.2) is 0 Å². The van der Waals surface area contributed by atoms with Gasteiger partial charge in [0.2, 0.25) is 0 Å². The van der Waals surface area contributed by atoms with Crippen molar-refractivity contribution in [3.05, 3.63) is 21.4 Å². The van der Waals surface area contributed by atoms with Crippen LogP contribution in [0.1, 0.15) is 73.5 Å². The van der Waals surface area contributed by atoms with E-state index in [2.05, 4.69) is 44.0 Å². The molecule has 1 aliphatic carbocycles. The third kappa shape index (κ3) is 5.59. The second kappa shape index (κ2) is 9.00. The van der Waals surface area contributed by atoms with Crippen LogP contribution in [-0.2, 0) is 12.8 Å². The van der Waals surface area contributed by atoms with E-state index in [1.54, 1.807) is 11.3 Å². The molecule has 1 N–H and O–H groups in total.